The van der Waals surface area contributed by atoms with Crippen LogP contribution in [0.3, 0.4) is 0 Å². The van der Waals surface area contributed by atoms with Gasteiger partial charge in [-0.2, -0.15) is 0 Å². The van der Waals surface area contributed by atoms with Crippen molar-refractivity contribution >= 4 is 33.9 Å². The molecule has 2 aromatic heterocycles. The van der Waals surface area contributed by atoms with Gasteiger partial charge in [-0.1, -0.05) is 36.4 Å². The first-order chi connectivity index (χ1) is 10.9. The predicted molar refractivity (Wildman–Crippen MR) is 93.3 cm³/mol. The van der Waals surface area contributed by atoms with Gasteiger partial charge in [0.15, 0.2) is 0 Å². The highest BCUT2D eigenvalue weighted by Crippen LogP contribution is 2.28. The molecule has 0 fully saturated rings. The molecule has 0 amide bonds. The second-order valence-electron chi connectivity index (χ2n) is 4.92. The lowest BCUT2D eigenvalue weighted by atomic mass is 10.1. The summed E-state index contributed by atoms with van der Waals surface area (Å²) in [5.74, 6) is 1.52. The lowest BCUT2D eigenvalue weighted by Crippen LogP contribution is -1.81. The van der Waals surface area contributed by atoms with Gasteiger partial charge >= 0.3 is 0 Å². The maximum atomic E-state index is 5.55. The topological polar surface area (TPSA) is 26.0 Å². The number of thioether (sulfide) groups is 1. The highest BCUT2D eigenvalue weighted by atomic mass is 32.2. The number of thiophene rings is 1. The van der Waals surface area contributed by atoms with Crippen LogP contribution in [0.1, 0.15) is 5.69 Å². The minimum Gasteiger partial charge on any atom is -0.444 e. The summed E-state index contributed by atoms with van der Waals surface area (Å²) in [5.41, 5.74) is 0.974. The third-order valence-electron chi connectivity index (χ3n) is 3.39. The zero-order valence-electron chi connectivity index (χ0n) is 11.7. The van der Waals surface area contributed by atoms with Crippen molar-refractivity contribution in [3.8, 4) is 10.8 Å². The number of hydrogen-bond donors (Lipinski definition) is 0. The number of benzene rings is 2. The molecule has 22 heavy (non-hydrogen) atoms. The highest BCUT2D eigenvalue weighted by Gasteiger charge is 2.08. The Morgan fingerprint density at radius 3 is 2.77 bits per heavy atom. The Morgan fingerprint density at radius 1 is 1.00 bits per heavy atom. The third kappa shape index (κ3) is 2.80. The normalized spacial score (nSPS) is 11.1. The molecule has 0 radical (unpaired) electrons. The fourth-order valence-electron chi connectivity index (χ4n) is 2.30. The van der Waals surface area contributed by atoms with Crippen molar-refractivity contribution in [1.29, 1.82) is 0 Å². The molecule has 2 nitrogen and oxygen atoms in total. The number of hydrogen-bond acceptors (Lipinski definition) is 4. The van der Waals surface area contributed by atoms with Crippen LogP contribution in [0.15, 0.2) is 75.6 Å². The Morgan fingerprint density at radius 2 is 1.91 bits per heavy atom. The molecule has 0 saturated carbocycles. The van der Waals surface area contributed by atoms with E-state index in [1.54, 1.807) is 29.4 Å². The molecule has 0 unspecified atom stereocenters. The van der Waals surface area contributed by atoms with E-state index in [0.717, 1.165) is 16.3 Å². The van der Waals surface area contributed by atoms with Crippen LogP contribution in [0.25, 0.3) is 21.5 Å². The minimum absolute atomic E-state index is 0.712. The maximum absolute atomic E-state index is 5.55. The van der Waals surface area contributed by atoms with Crippen molar-refractivity contribution < 1.29 is 4.42 Å². The van der Waals surface area contributed by atoms with Gasteiger partial charge in [-0.25, -0.2) is 4.98 Å². The Labute approximate surface area is 136 Å². The van der Waals surface area contributed by atoms with Crippen LogP contribution in [0, 0.1) is 0 Å². The average molecular weight is 323 g/mol. The second kappa shape index (κ2) is 5.99. The number of nitrogens with zero attached hydrogens (tertiary/aromatic N) is 1. The Bertz CT molecular complexity index is 896. The van der Waals surface area contributed by atoms with Crippen LogP contribution in [0.4, 0.5) is 0 Å². The van der Waals surface area contributed by atoms with E-state index in [-0.39, 0.29) is 0 Å². The van der Waals surface area contributed by atoms with Crippen molar-refractivity contribution in [3.63, 3.8) is 0 Å². The minimum atomic E-state index is 0.712. The molecule has 0 aliphatic heterocycles. The molecule has 0 spiro atoms. The molecule has 108 valence electrons. The van der Waals surface area contributed by atoms with Gasteiger partial charge in [-0.05, 0) is 34.4 Å². The fraction of sp³-hybridized carbons (Fsp3) is 0.0556. The average Bonchev–Trinajstić information content (AvgIpc) is 3.24. The Kier molecular flexibility index (Phi) is 3.70. The van der Waals surface area contributed by atoms with Crippen LogP contribution in [-0.4, -0.2) is 4.98 Å². The third-order valence-corrected chi connectivity index (χ3v) is 5.28. The summed E-state index contributed by atoms with van der Waals surface area (Å²) in [6.45, 7) is 0. The van der Waals surface area contributed by atoms with Crippen molar-refractivity contribution in [3.05, 3.63) is 71.9 Å². The second-order valence-corrected chi connectivity index (χ2v) is 6.92. The van der Waals surface area contributed by atoms with Crippen LogP contribution in [0.2, 0.25) is 0 Å². The fourth-order valence-corrected chi connectivity index (χ4v) is 3.78. The van der Waals surface area contributed by atoms with Crippen molar-refractivity contribution in [2.45, 2.75) is 10.6 Å². The zero-order valence-corrected chi connectivity index (χ0v) is 13.4. The van der Waals surface area contributed by atoms with Crippen molar-refractivity contribution in [1.82, 2.24) is 4.98 Å². The molecule has 0 N–H and O–H groups in total. The Hall–Kier alpha value is -2.04. The molecule has 0 aliphatic carbocycles. The number of fused-ring (bicyclic) bond motifs is 1. The van der Waals surface area contributed by atoms with Crippen LogP contribution in [0.5, 0.6) is 0 Å². The van der Waals surface area contributed by atoms with E-state index in [4.69, 9.17) is 4.42 Å². The number of rotatable bonds is 4. The number of aromatic nitrogens is 1. The first kappa shape index (κ1) is 13.6. The number of oxazole rings is 1. The van der Waals surface area contributed by atoms with Crippen molar-refractivity contribution in [2.24, 2.45) is 0 Å². The largest absolute Gasteiger partial charge is 0.444 e. The van der Waals surface area contributed by atoms with Crippen molar-refractivity contribution in [2.75, 3.05) is 0 Å². The maximum Gasteiger partial charge on any atom is 0.236 e. The SMILES string of the molecule is c1csc(-c2nc(CSc3ccc4ccccc4c3)co2)c1. The summed E-state index contributed by atoms with van der Waals surface area (Å²) in [7, 11) is 0. The van der Waals surface area contributed by atoms with E-state index in [0.29, 0.717) is 5.89 Å². The molecule has 2 aromatic carbocycles. The first-order valence-corrected chi connectivity index (χ1v) is 8.85. The molecule has 0 bridgehead atoms. The highest BCUT2D eigenvalue weighted by molar-refractivity contribution is 7.98. The molecular weight excluding hydrogens is 310 g/mol. The summed E-state index contributed by atoms with van der Waals surface area (Å²) in [4.78, 5) is 6.87. The molecule has 0 aliphatic rings. The smallest absolute Gasteiger partial charge is 0.236 e. The van der Waals surface area contributed by atoms with Crippen LogP contribution < -0.4 is 0 Å². The summed E-state index contributed by atoms with van der Waals surface area (Å²) >= 11 is 3.42. The van der Waals surface area contributed by atoms with E-state index in [1.807, 2.05) is 17.5 Å². The van der Waals surface area contributed by atoms with E-state index in [1.165, 1.54) is 15.7 Å². The van der Waals surface area contributed by atoms with Gasteiger partial charge in [0.05, 0.1) is 10.6 Å². The van der Waals surface area contributed by atoms with Gasteiger partial charge in [0, 0.05) is 10.6 Å². The van der Waals surface area contributed by atoms with Gasteiger partial charge in [0.1, 0.15) is 6.26 Å². The summed E-state index contributed by atoms with van der Waals surface area (Å²) in [5, 5.41) is 4.57. The van der Waals surface area contributed by atoms with Crippen LogP contribution >= 0.6 is 23.1 Å². The molecule has 0 atom stereocenters. The van der Waals surface area contributed by atoms with Gasteiger partial charge in [-0.15, -0.1) is 23.1 Å². The lowest BCUT2D eigenvalue weighted by molar-refractivity contribution is 0.575. The molecule has 4 aromatic rings. The van der Waals surface area contributed by atoms with Gasteiger partial charge in [0.25, 0.3) is 0 Å². The van der Waals surface area contributed by atoms with Gasteiger partial charge < -0.3 is 4.42 Å². The zero-order chi connectivity index (χ0) is 14.8. The van der Waals surface area contributed by atoms with E-state index in [2.05, 4.69) is 47.4 Å². The van der Waals surface area contributed by atoms with E-state index < -0.39 is 0 Å². The monoisotopic (exact) mass is 323 g/mol. The lowest BCUT2D eigenvalue weighted by Gasteiger charge is -2.02. The molecule has 0 saturated heterocycles. The van der Waals surface area contributed by atoms with Crippen LogP contribution in [-0.2, 0) is 5.75 Å². The molecule has 4 heteroatoms. The summed E-state index contributed by atoms with van der Waals surface area (Å²) < 4.78 is 5.55. The Balaban J connectivity index is 1.49. The van der Waals surface area contributed by atoms with Gasteiger partial charge in [0.2, 0.25) is 5.89 Å². The quantitative estimate of drug-likeness (QED) is 0.441. The van der Waals surface area contributed by atoms with Gasteiger partial charge in [-0.3, -0.25) is 0 Å². The standard InChI is InChI=1S/C18H13NOS2/c1-2-5-14-10-16(8-7-13(14)4-1)22-12-15-11-20-18(19-15)17-6-3-9-21-17/h1-11H,12H2. The summed E-state index contributed by atoms with van der Waals surface area (Å²) in [6, 6.07) is 19.0. The van der Waals surface area contributed by atoms with E-state index >= 15 is 0 Å². The predicted octanol–water partition coefficient (Wildman–Crippen LogP) is 5.85. The van der Waals surface area contributed by atoms with E-state index in [9.17, 15) is 0 Å². The molecular formula is C18H13NOS2. The first-order valence-electron chi connectivity index (χ1n) is 6.98. The molecule has 4 rings (SSSR count). The molecule has 2 heterocycles. The summed E-state index contributed by atoms with van der Waals surface area (Å²) in [6.07, 6.45) is 1.75.